The van der Waals surface area contributed by atoms with Crippen LogP contribution in [0.25, 0.3) is 0 Å². The van der Waals surface area contributed by atoms with E-state index in [-0.39, 0.29) is 36.0 Å². The average molecular weight is 396 g/mol. The lowest BCUT2D eigenvalue weighted by Crippen LogP contribution is -2.31. The van der Waals surface area contributed by atoms with E-state index in [0.717, 1.165) is 18.3 Å². The molecule has 2 rings (SSSR count). The van der Waals surface area contributed by atoms with Gasteiger partial charge in [-0.25, -0.2) is 13.8 Å². The van der Waals surface area contributed by atoms with Crippen molar-refractivity contribution in [3.05, 3.63) is 71.2 Å². The van der Waals surface area contributed by atoms with Gasteiger partial charge in [-0.05, 0) is 24.3 Å². The maximum absolute atomic E-state index is 13.3. The van der Waals surface area contributed by atoms with Gasteiger partial charge < -0.3 is 15.4 Å². The Morgan fingerprint density at radius 1 is 1.22 bits per heavy atom. The van der Waals surface area contributed by atoms with E-state index in [1.54, 1.807) is 0 Å². The molecule has 0 bridgehead atoms. The van der Waals surface area contributed by atoms with Gasteiger partial charge in [0, 0.05) is 24.7 Å². The third kappa shape index (κ3) is 6.67. The van der Waals surface area contributed by atoms with E-state index in [1.165, 1.54) is 18.2 Å². The molecule has 9 heteroatoms. The van der Waals surface area contributed by atoms with Gasteiger partial charge in [0.05, 0.1) is 11.2 Å². The first-order valence-corrected chi connectivity index (χ1v) is 8.18. The Bertz CT molecular complexity index is 844. The standard InChI is InChI=1S/C18H16ClF2N3O3/c1-11(24-18(26)16-5-2-12(20)9-23-16)6-7-22-17(25)10-27-13-3-4-14(19)15(21)8-13/h2-5,8-9H,1,6-7,10H2,(H,22,25)(H,24,26). The summed E-state index contributed by atoms with van der Waals surface area (Å²) < 4.78 is 31.2. The molecular formula is C18H16ClF2N3O3. The number of pyridine rings is 1. The zero-order valence-corrected chi connectivity index (χ0v) is 14.9. The van der Waals surface area contributed by atoms with Crippen LogP contribution in [-0.2, 0) is 4.79 Å². The molecule has 2 N–H and O–H groups in total. The second-order valence-corrected chi connectivity index (χ2v) is 5.79. The topological polar surface area (TPSA) is 80.3 Å². The van der Waals surface area contributed by atoms with E-state index < -0.39 is 23.4 Å². The van der Waals surface area contributed by atoms with Crippen LogP contribution >= 0.6 is 11.6 Å². The van der Waals surface area contributed by atoms with Crippen molar-refractivity contribution in [1.82, 2.24) is 15.6 Å². The summed E-state index contributed by atoms with van der Waals surface area (Å²) in [4.78, 5) is 27.2. The fourth-order valence-electron chi connectivity index (χ4n) is 1.92. The molecule has 0 aliphatic rings. The molecule has 1 aromatic heterocycles. The zero-order chi connectivity index (χ0) is 19.8. The predicted molar refractivity (Wildman–Crippen MR) is 95.3 cm³/mol. The number of benzene rings is 1. The van der Waals surface area contributed by atoms with Crippen LogP contribution in [-0.4, -0.2) is 29.9 Å². The van der Waals surface area contributed by atoms with E-state index in [9.17, 15) is 18.4 Å². The first kappa shape index (κ1) is 20.3. The van der Waals surface area contributed by atoms with Crippen molar-refractivity contribution in [2.24, 2.45) is 0 Å². The summed E-state index contributed by atoms with van der Waals surface area (Å²) >= 11 is 5.55. The number of halogens is 3. The highest BCUT2D eigenvalue weighted by Crippen LogP contribution is 2.20. The summed E-state index contributed by atoms with van der Waals surface area (Å²) in [5.74, 6) is -1.96. The van der Waals surface area contributed by atoms with Crippen LogP contribution in [0.3, 0.4) is 0 Å². The highest BCUT2D eigenvalue weighted by Gasteiger charge is 2.09. The highest BCUT2D eigenvalue weighted by atomic mass is 35.5. The SMILES string of the molecule is C=C(CCNC(=O)COc1ccc(Cl)c(F)c1)NC(=O)c1ccc(F)cn1. The van der Waals surface area contributed by atoms with Crippen LogP contribution < -0.4 is 15.4 Å². The quantitative estimate of drug-likeness (QED) is 0.720. The normalized spacial score (nSPS) is 10.2. The minimum Gasteiger partial charge on any atom is -0.484 e. The molecule has 6 nitrogen and oxygen atoms in total. The monoisotopic (exact) mass is 395 g/mol. The number of hydrogen-bond donors (Lipinski definition) is 2. The van der Waals surface area contributed by atoms with Gasteiger partial charge in [0.15, 0.2) is 6.61 Å². The van der Waals surface area contributed by atoms with Gasteiger partial charge in [-0.1, -0.05) is 18.2 Å². The zero-order valence-electron chi connectivity index (χ0n) is 14.1. The van der Waals surface area contributed by atoms with E-state index in [0.29, 0.717) is 5.70 Å². The summed E-state index contributed by atoms with van der Waals surface area (Å²) in [7, 11) is 0. The Labute approximate surface area is 159 Å². The molecular weight excluding hydrogens is 380 g/mol. The summed E-state index contributed by atoms with van der Waals surface area (Å²) in [6.07, 6.45) is 1.21. The lowest BCUT2D eigenvalue weighted by atomic mass is 10.3. The number of hydrogen-bond acceptors (Lipinski definition) is 4. The molecule has 0 aliphatic heterocycles. The molecule has 0 atom stereocenters. The minimum atomic E-state index is -0.641. The van der Waals surface area contributed by atoms with Crippen LogP contribution in [0, 0.1) is 11.6 Å². The minimum absolute atomic E-state index is 0.0387. The molecule has 27 heavy (non-hydrogen) atoms. The van der Waals surface area contributed by atoms with Crippen LogP contribution in [0.2, 0.25) is 5.02 Å². The summed E-state index contributed by atoms with van der Waals surface area (Å²) in [6, 6.07) is 6.22. The van der Waals surface area contributed by atoms with Crippen LogP contribution in [0.4, 0.5) is 8.78 Å². The Morgan fingerprint density at radius 2 is 2.00 bits per heavy atom. The number of ether oxygens (including phenoxy) is 1. The third-order valence-corrected chi connectivity index (χ3v) is 3.57. The Morgan fingerprint density at radius 3 is 2.67 bits per heavy atom. The highest BCUT2D eigenvalue weighted by molar-refractivity contribution is 6.30. The number of rotatable bonds is 8. The summed E-state index contributed by atoms with van der Waals surface area (Å²) in [6.45, 7) is 3.57. The molecule has 0 saturated heterocycles. The van der Waals surface area contributed by atoms with Gasteiger partial charge in [-0.15, -0.1) is 0 Å². The lowest BCUT2D eigenvalue weighted by Gasteiger charge is -2.10. The van der Waals surface area contributed by atoms with Gasteiger partial charge in [-0.3, -0.25) is 9.59 Å². The lowest BCUT2D eigenvalue weighted by molar-refractivity contribution is -0.123. The van der Waals surface area contributed by atoms with Gasteiger partial charge in [0.1, 0.15) is 23.1 Å². The Hall–Kier alpha value is -3.00. The van der Waals surface area contributed by atoms with E-state index in [2.05, 4.69) is 22.2 Å². The van der Waals surface area contributed by atoms with Crippen molar-refractivity contribution >= 4 is 23.4 Å². The van der Waals surface area contributed by atoms with Crippen LogP contribution in [0.15, 0.2) is 48.8 Å². The molecule has 2 aromatic rings. The molecule has 1 heterocycles. The van der Waals surface area contributed by atoms with Gasteiger partial charge in [0.25, 0.3) is 11.8 Å². The van der Waals surface area contributed by atoms with Crippen molar-refractivity contribution in [2.45, 2.75) is 6.42 Å². The number of nitrogens with zero attached hydrogens (tertiary/aromatic N) is 1. The largest absolute Gasteiger partial charge is 0.484 e. The smallest absolute Gasteiger partial charge is 0.273 e. The van der Waals surface area contributed by atoms with Crippen molar-refractivity contribution < 1.29 is 23.1 Å². The molecule has 2 amide bonds. The average Bonchev–Trinajstić information content (AvgIpc) is 2.63. The summed E-state index contributed by atoms with van der Waals surface area (Å²) in [5, 5.41) is 5.03. The Balaban J connectivity index is 1.68. The molecule has 0 aliphatic carbocycles. The molecule has 1 aromatic carbocycles. The second kappa shape index (κ2) is 9.63. The first-order chi connectivity index (χ1) is 12.8. The predicted octanol–water partition coefficient (Wildman–Crippen LogP) is 2.84. The maximum atomic E-state index is 13.3. The Kier molecular flexibility index (Phi) is 7.25. The number of carbonyl (C=O) groups excluding carboxylic acids is 2. The van der Waals surface area contributed by atoms with Crippen LogP contribution in [0.1, 0.15) is 16.9 Å². The molecule has 0 saturated carbocycles. The maximum Gasteiger partial charge on any atom is 0.273 e. The van der Waals surface area contributed by atoms with Crippen molar-refractivity contribution in [3.63, 3.8) is 0 Å². The van der Waals surface area contributed by atoms with Gasteiger partial charge in [-0.2, -0.15) is 0 Å². The number of amides is 2. The molecule has 0 radical (unpaired) electrons. The van der Waals surface area contributed by atoms with Crippen LogP contribution in [0.5, 0.6) is 5.75 Å². The van der Waals surface area contributed by atoms with Gasteiger partial charge >= 0.3 is 0 Å². The molecule has 0 fully saturated rings. The summed E-state index contributed by atoms with van der Waals surface area (Å²) in [5.41, 5.74) is 0.400. The molecule has 0 spiro atoms. The number of nitrogens with one attached hydrogen (secondary N) is 2. The van der Waals surface area contributed by atoms with Gasteiger partial charge in [0.2, 0.25) is 0 Å². The van der Waals surface area contributed by atoms with E-state index in [4.69, 9.17) is 16.3 Å². The number of aromatic nitrogens is 1. The fourth-order valence-corrected chi connectivity index (χ4v) is 2.03. The fraction of sp³-hybridized carbons (Fsp3) is 0.167. The molecule has 0 unspecified atom stereocenters. The number of carbonyl (C=O) groups is 2. The van der Waals surface area contributed by atoms with Crippen molar-refractivity contribution in [2.75, 3.05) is 13.2 Å². The first-order valence-electron chi connectivity index (χ1n) is 7.80. The molecule has 142 valence electrons. The third-order valence-electron chi connectivity index (χ3n) is 3.26. The van der Waals surface area contributed by atoms with E-state index in [1.807, 2.05) is 0 Å². The van der Waals surface area contributed by atoms with Crippen molar-refractivity contribution in [1.29, 1.82) is 0 Å². The second-order valence-electron chi connectivity index (χ2n) is 5.38. The van der Waals surface area contributed by atoms with E-state index >= 15 is 0 Å². The van der Waals surface area contributed by atoms with Crippen molar-refractivity contribution in [3.8, 4) is 5.75 Å².